The zero-order chi connectivity index (χ0) is 17.7. The monoisotopic (exact) mass is 314 g/mol. The molecular formula is C21H17N2O+. The maximum atomic E-state index is 8.48. The lowest BCUT2D eigenvalue weighted by Crippen LogP contribution is -2.35. The van der Waals surface area contributed by atoms with Gasteiger partial charge in [0.2, 0.25) is 5.69 Å². The molecule has 0 fully saturated rings. The van der Waals surface area contributed by atoms with Crippen LogP contribution in [-0.2, 0) is 7.05 Å². The van der Waals surface area contributed by atoms with Gasteiger partial charge in [0.15, 0.2) is 11.4 Å². The summed E-state index contributed by atoms with van der Waals surface area (Å²) >= 11 is 0. The molecule has 4 rings (SSSR count). The summed E-state index contributed by atoms with van der Waals surface area (Å²) in [6, 6.07) is 12.2. The van der Waals surface area contributed by atoms with E-state index in [1.165, 1.54) is 0 Å². The summed E-state index contributed by atoms with van der Waals surface area (Å²) in [5, 5.41) is 2.86. The predicted molar refractivity (Wildman–Crippen MR) is 96.1 cm³/mol. The number of benzene rings is 2. The Hall–Kier alpha value is -3.12. The van der Waals surface area contributed by atoms with Crippen LogP contribution < -0.4 is 4.57 Å². The first kappa shape index (κ1) is 13.3. The van der Waals surface area contributed by atoms with Crippen molar-refractivity contribution in [2.75, 3.05) is 0 Å². The number of rotatable bonds is 1. The highest BCUT2D eigenvalue weighted by Crippen LogP contribution is 2.33. The van der Waals surface area contributed by atoms with E-state index in [4.69, 9.17) is 12.4 Å². The Kier molecular flexibility index (Phi) is 2.89. The second-order valence-electron chi connectivity index (χ2n) is 6.09. The molecule has 2 heterocycles. The van der Waals surface area contributed by atoms with Gasteiger partial charge in [0.25, 0.3) is 0 Å². The van der Waals surface area contributed by atoms with Gasteiger partial charge in [0.1, 0.15) is 12.6 Å². The lowest BCUT2D eigenvalue weighted by atomic mass is 9.97. The summed E-state index contributed by atoms with van der Waals surface area (Å²) in [7, 11) is 1.98. The SMILES string of the molecule is [2H]c1c(C)[n+](C)c(-c2cc3occc3cc2C)c2ccc([N+]#[C-])cc12. The average Bonchev–Trinajstić information content (AvgIpc) is 3.07. The van der Waals surface area contributed by atoms with Gasteiger partial charge >= 0.3 is 0 Å². The minimum atomic E-state index is 0.462. The second kappa shape index (κ2) is 5.21. The van der Waals surface area contributed by atoms with Crippen molar-refractivity contribution in [3.05, 3.63) is 71.4 Å². The first-order chi connectivity index (χ1) is 12.0. The normalized spacial score (nSPS) is 11.7. The van der Waals surface area contributed by atoms with Gasteiger partial charge in [-0.15, -0.1) is 0 Å². The van der Waals surface area contributed by atoms with Crippen molar-refractivity contribution in [1.29, 1.82) is 0 Å². The highest BCUT2D eigenvalue weighted by atomic mass is 16.3. The fourth-order valence-corrected chi connectivity index (χ4v) is 3.24. The van der Waals surface area contributed by atoms with E-state index < -0.39 is 0 Å². The van der Waals surface area contributed by atoms with Gasteiger partial charge in [0.05, 0.1) is 25.2 Å². The second-order valence-corrected chi connectivity index (χ2v) is 6.09. The van der Waals surface area contributed by atoms with Gasteiger partial charge in [-0.2, -0.15) is 4.57 Å². The molecule has 0 aliphatic heterocycles. The molecule has 0 spiro atoms. The molecule has 0 aliphatic rings. The predicted octanol–water partition coefficient (Wildman–Crippen LogP) is 5.25. The summed E-state index contributed by atoms with van der Waals surface area (Å²) in [5.41, 5.74) is 5.53. The zero-order valence-corrected chi connectivity index (χ0v) is 13.8. The van der Waals surface area contributed by atoms with Crippen molar-refractivity contribution in [1.82, 2.24) is 0 Å². The van der Waals surface area contributed by atoms with E-state index in [1.807, 2.05) is 38.2 Å². The number of fused-ring (bicyclic) bond motifs is 2. The van der Waals surface area contributed by atoms with Gasteiger partial charge in [-0.05, 0) is 42.1 Å². The van der Waals surface area contributed by atoms with Gasteiger partial charge in [0, 0.05) is 18.4 Å². The first-order valence-electron chi connectivity index (χ1n) is 8.30. The molecule has 3 nitrogen and oxygen atoms in total. The summed E-state index contributed by atoms with van der Waals surface area (Å²) in [4.78, 5) is 3.51. The van der Waals surface area contributed by atoms with Crippen LogP contribution in [-0.4, -0.2) is 0 Å². The number of aryl methyl sites for hydroxylation is 1. The van der Waals surface area contributed by atoms with Crippen LogP contribution in [0, 0.1) is 20.4 Å². The van der Waals surface area contributed by atoms with Crippen LogP contribution in [0.15, 0.2) is 53.1 Å². The van der Waals surface area contributed by atoms with Crippen LogP contribution in [0.3, 0.4) is 0 Å². The molecule has 2 aromatic carbocycles. The number of hydrogen-bond acceptors (Lipinski definition) is 1. The van der Waals surface area contributed by atoms with E-state index in [0.29, 0.717) is 11.7 Å². The average molecular weight is 314 g/mol. The van der Waals surface area contributed by atoms with Crippen LogP contribution in [0.25, 0.3) is 37.8 Å². The van der Waals surface area contributed by atoms with Crippen molar-refractivity contribution in [2.24, 2.45) is 7.05 Å². The van der Waals surface area contributed by atoms with Crippen molar-refractivity contribution in [2.45, 2.75) is 13.8 Å². The molecule has 4 aromatic rings. The summed E-state index contributed by atoms with van der Waals surface area (Å²) in [6.07, 6.45) is 1.70. The van der Waals surface area contributed by atoms with Crippen LogP contribution in [0.5, 0.6) is 0 Å². The van der Waals surface area contributed by atoms with E-state index in [-0.39, 0.29) is 0 Å². The molecule has 24 heavy (non-hydrogen) atoms. The molecule has 0 atom stereocenters. The molecule has 0 saturated heterocycles. The Bertz CT molecular complexity index is 1200. The standard InChI is InChI=1S/C21H17N2O/c1-13-9-15-7-8-24-20(15)12-19(13)21-18-6-5-17(22-3)11-16(18)10-14(2)23(21)4/h5-12H,1-2,4H3/q+1/i10D. The molecule has 0 aliphatic carbocycles. The fourth-order valence-electron chi connectivity index (χ4n) is 3.24. The number of nitrogens with zero attached hydrogens (tertiary/aromatic N) is 2. The lowest BCUT2D eigenvalue weighted by molar-refractivity contribution is -0.665. The van der Waals surface area contributed by atoms with E-state index in [2.05, 4.69) is 28.5 Å². The molecule has 0 N–H and O–H groups in total. The van der Waals surface area contributed by atoms with Gasteiger partial charge in [-0.3, -0.25) is 0 Å². The van der Waals surface area contributed by atoms with Crippen molar-refractivity contribution in [3.63, 3.8) is 0 Å². The van der Waals surface area contributed by atoms with E-state index >= 15 is 0 Å². The molecule has 2 aromatic heterocycles. The van der Waals surface area contributed by atoms with E-state index in [0.717, 1.165) is 44.3 Å². The zero-order valence-electron chi connectivity index (χ0n) is 14.8. The van der Waals surface area contributed by atoms with E-state index in [9.17, 15) is 0 Å². The Balaban J connectivity index is 2.16. The maximum absolute atomic E-state index is 8.48. The largest absolute Gasteiger partial charge is 0.464 e. The summed E-state index contributed by atoms with van der Waals surface area (Å²) in [6.45, 7) is 11.3. The fraction of sp³-hybridized carbons (Fsp3) is 0.143. The van der Waals surface area contributed by atoms with Gasteiger partial charge in [-0.25, -0.2) is 4.85 Å². The smallest absolute Gasteiger partial charge is 0.220 e. The molecule has 0 unspecified atom stereocenters. The molecule has 0 radical (unpaired) electrons. The van der Waals surface area contributed by atoms with Crippen LogP contribution in [0.1, 0.15) is 12.6 Å². The Morgan fingerprint density at radius 3 is 2.75 bits per heavy atom. The molecule has 0 amide bonds. The summed E-state index contributed by atoms with van der Waals surface area (Å²) in [5.74, 6) is 0. The molecule has 116 valence electrons. The topological polar surface area (TPSA) is 21.4 Å². The number of pyridine rings is 1. The summed E-state index contributed by atoms with van der Waals surface area (Å²) < 4.78 is 16.1. The minimum absolute atomic E-state index is 0.462. The van der Waals surface area contributed by atoms with Crippen molar-refractivity contribution >= 4 is 27.4 Å². The van der Waals surface area contributed by atoms with Gasteiger partial charge in [-0.1, -0.05) is 12.1 Å². The highest BCUT2D eigenvalue weighted by Gasteiger charge is 2.20. The first-order valence-corrected chi connectivity index (χ1v) is 7.80. The Morgan fingerprint density at radius 1 is 1.12 bits per heavy atom. The van der Waals surface area contributed by atoms with Crippen LogP contribution in [0.4, 0.5) is 5.69 Å². The Labute approximate surface area is 142 Å². The van der Waals surface area contributed by atoms with Crippen molar-refractivity contribution < 1.29 is 10.4 Å². The lowest BCUT2D eigenvalue weighted by Gasteiger charge is -2.10. The molecule has 0 bridgehead atoms. The third kappa shape index (κ3) is 2.08. The third-order valence-corrected chi connectivity index (χ3v) is 4.60. The number of aromatic nitrogens is 1. The maximum Gasteiger partial charge on any atom is 0.220 e. The van der Waals surface area contributed by atoms with Crippen LogP contribution >= 0.6 is 0 Å². The quantitative estimate of drug-likeness (QED) is 0.347. The van der Waals surface area contributed by atoms with Crippen molar-refractivity contribution in [3.8, 4) is 11.3 Å². The van der Waals surface area contributed by atoms with Gasteiger partial charge < -0.3 is 4.42 Å². The van der Waals surface area contributed by atoms with Crippen LogP contribution in [0.2, 0.25) is 0 Å². The third-order valence-electron chi connectivity index (χ3n) is 4.60. The molecule has 0 saturated carbocycles. The number of furan rings is 1. The minimum Gasteiger partial charge on any atom is -0.464 e. The Morgan fingerprint density at radius 2 is 1.96 bits per heavy atom. The van der Waals surface area contributed by atoms with E-state index in [1.54, 1.807) is 6.26 Å². The number of hydrogen-bond donors (Lipinski definition) is 0. The molecular weight excluding hydrogens is 296 g/mol. The highest BCUT2D eigenvalue weighted by molar-refractivity contribution is 5.97. The molecule has 3 heteroatoms.